The van der Waals surface area contributed by atoms with Crippen LogP contribution >= 0.6 is 0 Å². The van der Waals surface area contributed by atoms with Gasteiger partial charge in [-0.3, -0.25) is 9.36 Å². The summed E-state index contributed by atoms with van der Waals surface area (Å²) in [5.41, 5.74) is 3.65. The predicted molar refractivity (Wildman–Crippen MR) is 91.1 cm³/mol. The molecule has 0 aliphatic rings. The molecule has 4 rings (SSSR count). The van der Waals surface area contributed by atoms with E-state index in [1.807, 2.05) is 65.2 Å². The lowest BCUT2D eigenvalue weighted by molar-refractivity contribution is 0.0992. The molecule has 0 aliphatic heterocycles. The molecule has 0 atom stereocenters. The van der Waals surface area contributed by atoms with Crippen molar-refractivity contribution < 1.29 is 4.79 Å². The van der Waals surface area contributed by atoms with Crippen molar-refractivity contribution >= 4 is 16.9 Å². The molecule has 2 aromatic carbocycles. The van der Waals surface area contributed by atoms with Crippen LogP contribution in [0, 0.1) is 0 Å². The van der Waals surface area contributed by atoms with Gasteiger partial charge in [0, 0.05) is 11.3 Å². The van der Waals surface area contributed by atoms with Crippen LogP contribution in [0.2, 0.25) is 0 Å². The quantitative estimate of drug-likeness (QED) is 0.543. The van der Waals surface area contributed by atoms with Gasteiger partial charge in [0.15, 0.2) is 11.4 Å². The number of hydrogen-bond donors (Lipinski definition) is 0. The highest BCUT2D eigenvalue weighted by atomic mass is 16.1. The highest BCUT2D eigenvalue weighted by Crippen LogP contribution is 2.19. The highest BCUT2D eigenvalue weighted by Gasteiger charge is 2.15. The molecule has 0 aliphatic carbocycles. The Labute approximate surface area is 138 Å². The van der Waals surface area contributed by atoms with Crippen LogP contribution in [-0.2, 0) is 6.42 Å². The summed E-state index contributed by atoms with van der Waals surface area (Å²) >= 11 is 0. The Hall–Kier alpha value is -3.34. The van der Waals surface area contributed by atoms with Crippen molar-refractivity contribution in [3.05, 3.63) is 84.6 Å². The smallest absolute Gasteiger partial charge is 0.168 e. The third-order valence-electron chi connectivity index (χ3n) is 3.87. The van der Waals surface area contributed by atoms with Crippen molar-refractivity contribution in [3.63, 3.8) is 0 Å². The second-order valence-electron chi connectivity index (χ2n) is 5.41. The summed E-state index contributed by atoms with van der Waals surface area (Å²) in [5.74, 6) is 0.0184. The second-order valence-corrected chi connectivity index (χ2v) is 5.41. The number of imidazole rings is 1. The first-order valence-electron chi connectivity index (χ1n) is 7.63. The van der Waals surface area contributed by atoms with E-state index >= 15 is 0 Å². The van der Waals surface area contributed by atoms with Crippen LogP contribution in [0.5, 0.6) is 0 Å². The first-order valence-corrected chi connectivity index (χ1v) is 7.63. The molecule has 0 amide bonds. The van der Waals surface area contributed by atoms with Crippen molar-refractivity contribution in [1.29, 1.82) is 0 Å². The summed E-state index contributed by atoms with van der Waals surface area (Å²) in [5, 5.41) is 0. The number of para-hydroxylation sites is 1. The fourth-order valence-electron chi connectivity index (χ4n) is 2.67. The van der Waals surface area contributed by atoms with E-state index in [4.69, 9.17) is 0 Å². The molecule has 0 saturated carbocycles. The summed E-state index contributed by atoms with van der Waals surface area (Å²) in [7, 11) is 0. The molecule has 0 fully saturated rings. The molecule has 0 N–H and O–H groups in total. The third kappa shape index (κ3) is 2.56. The number of fused-ring (bicyclic) bond motifs is 1. The molecule has 2 aromatic heterocycles. The highest BCUT2D eigenvalue weighted by molar-refractivity contribution is 5.98. The molecule has 24 heavy (non-hydrogen) atoms. The van der Waals surface area contributed by atoms with Crippen LogP contribution < -0.4 is 0 Å². The number of rotatable bonds is 4. The summed E-state index contributed by atoms with van der Waals surface area (Å²) in [6.45, 7) is 0. The van der Waals surface area contributed by atoms with Gasteiger partial charge in [-0.1, -0.05) is 48.5 Å². The Morgan fingerprint density at radius 3 is 2.33 bits per heavy atom. The van der Waals surface area contributed by atoms with Gasteiger partial charge in [0.25, 0.3) is 0 Å². The van der Waals surface area contributed by atoms with Crippen molar-refractivity contribution in [1.82, 2.24) is 19.5 Å². The van der Waals surface area contributed by atoms with Gasteiger partial charge in [0.05, 0.1) is 12.1 Å². The zero-order valence-corrected chi connectivity index (χ0v) is 12.8. The number of Topliss-reactive ketones (excluding diaryl/α,β-unsaturated/α-hetero) is 1. The van der Waals surface area contributed by atoms with Gasteiger partial charge in [-0.15, -0.1) is 0 Å². The van der Waals surface area contributed by atoms with Gasteiger partial charge in [0.2, 0.25) is 0 Å². The van der Waals surface area contributed by atoms with E-state index in [0.29, 0.717) is 22.4 Å². The number of aromatic nitrogens is 4. The average Bonchev–Trinajstić information content (AvgIpc) is 3.08. The Morgan fingerprint density at radius 1 is 0.875 bits per heavy atom. The number of carbonyl (C=O) groups excluding carboxylic acids is 1. The fraction of sp³-hybridized carbons (Fsp3) is 0.0526. The molecule has 0 unspecified atom stereocenters. The topological polar surface area (TPSA) is 60.7 Å². The Morgan fingerprint density at radius 2 is 1.58 bits per heavy atom. The van der Waals surface area contributed by atoms with Gasteiger partial charge >= 0.3 is 0 Å². The van der Waals surface area contributed by atoms with E-state index in [0.717, 1.165) is 5.69 Å². The first-order chi connectivity index (χ1) is 11.8. The molecule has 0 saturated heterocycles. The fourth-order valence-corrected chi connectivity index (χ4v) is 2.67. The van der Waals surface area contributed by atoms with Gasteiger partial charge in [0.1, 0.15) is 18.2 Å². The van der Waals surface area contributed by atoms with Crippen molar-refractivity contribution in [2.24, 2.45) is 0 Å². The number of nitrogens with zero attached hydrogens (tertiary/aromatic N) is 4. The van der Waals surface area contributed by atoms with E-state index in [1.54, 1.807) is 6.33 Å². The minimum atomic E-state index is 0.0184. The number of hydrogen-bond acceptors (Lipinski definition) is 4. The molecule has 4 aromatic rings. The molecular formula is C19H14N4O. The number of ketones is 1. The van der Waals surface area contributed by atoms with E-state index < -0.39 is 0 Å². The Balaban J connectivity index is 1.73. The normalized spacial score (nSPS) is 10.8. The summed E-state index contributed by atoms with van der Waals surface area (Å²) in [4.78, 5) is 25.5. The van der Waals surface area contributed by atoms with E-state index in [2.05, 4.69) is 15.0 Å². The molecule has 0 bridgehead atoms. The summed E-state index contributed by atoms with van der Waals surface area (Å²) in [6.07, 6.45) is 3.40. The molecule has 5 nitrogen and oxygen atoms in total. The van der Waals surface area contributed by atoms with E-state index in [9.17, 15) is 4.79 Å². The average molecular weight is 314 g/mol. The summed E-state index contributed by atoms with van der Waals surface area (Å²) in [6, 6.07) is 19.1. The maximum Gasteiger partial charge on any atom is 0.168 e. The van der Waals surface area contributed by atoms with Gasteiger partial charge in [-0.05, 0) is 12.1 Å². The van der Waals surface area contributed by atoms with Crippen LogP contribution in [0.15, 0.2) is 73.3 Å². The second kappa shape index (κ2) is 6.04. The van der Waals surface area contributed by atoms with Gasteiger partial charge in [-0.2, -0.15) is 0 Å². The number of benzene rings is 2. The Kier molecular flexibility index (Phi) is 3.59. The van der Waals surface area contributed by atoms with E-state index in [-0.39, 0.29) is 12.2 Å². The number of carbonyl (C=O) groups is 1. The molecular weight excluding hydrogens is 300 g/mol. The lowest BCUT2D eigenvalue weighted by Crippen LogP contribution is -2.06. The SMILES string of the molecule is O=C(Cc1ncnc2c1ncn2-c1ccccc1)c1ccccc1. The lowest BCUT2D eigenvalue weighted by atomic mass is 10.1. The lowest BCUT2D eigenvalue weighted by Gasteiger charge is -2.04. The standard InChI is InChI=1S/C19H14N4O/c24-17(14-7-3-1-4-8-14)11-16-18-19(21-12-20-16)23(13-22-18)15-9-5-2-6-10-15/h1-10,12-13H,11H2. The molecule has 0 radical (unpaired) electrons. The maximum atomic E-state index is 12.4. The molecule has 5 heteroatoms. The first kappa shape index (κ1) is 14.3. The van der Waals surface area contributed by atoms with E-state index in [1.165, 1.54) is 6.33 Å². The molecule has 116 valence electrons. The monoisotopic (exact) mass is 314 g/mol. The van der Waals surface area contributed by atoms with Crippen LogP contribution in [0.4, 0.5) is 0 Å². The van der Waals surface area contributed by atoms with Crippen molar-refractivity contribution in [2.75, 3.05) is 0 Å². The van der Waals surface area contributed by atoms with Crippen LogP contribution in [0.3, 0.4) is 0 Å². The van der Waals surface area contributed by atoms with Crippen molar-refractivity contribution in [2.45, 2.75) is 6.42 Å². The minimum absolute atomic E-state index is 0.0184. The summed E-state index contributed by atoms with van der Waals surface area (Å²) < 4.78 is 1.90. The van der Waals surface area contributed by atoms with Crippen LogP contribution in [0.1, 0.15) is 16.1 Å². The Bertz CT molecular complexity index is 994. The van der Waals surface area contributed by atoms with Gasteiger partial charge in [-0.25, -0.2) is 15.0 Å². The maximum absolute atomic E-state index is 12.4. The van der Waals surface area contributed by atoms with Gasteiger partial charge < -0.3 is 0 Å². The molecule has 0 spiro atoms. The van der Waals surface area contributed by atoms with Crippen LogP contribution in [0.25, 0.3) is 16.9 Å². The zero-order valence-electron chi connectivity index (χ0n) is 12.8. The predicted octanol–water partition coefficient (Wildman–Crippen LogP) is 3.24. The minimum Gasteiger partial charge on any atom is -0.294 e. The largest absolute Gasteiger partial charge is 0.294 e. The molecule has 2 heterocycles. The zero-order chi connectivity index (χ0) is 16.4. The third-order valence-corrected chi connectivity index (χ3v) is 3.87. The van der Waals surface area contributed by atoms with Crippen LogP contribution in [-0.4, -0.2) is 25.3 Å². The van der Waals surface area contributed by atoms with Crippen molar-refractivity contribution in [3.8, 4) is 5.69 Å².